The number of cyclic esters (lactones) is 1. The van der Waals surface area contributed by atoms with Gasteiger partial charge in [0.25, 0.3) is 0 Å². The van der Waals surface area contributed by atoms with Gasteiger partial charge in [-0.15, -0.1) is 0 Å². The molecular formula is C24H24BrClO4. The second-order valence-corrected chi connectivity index (χ2v) is 9.25. The Bertz CT molecular complexity index is 977. The van der Waals surface area contributed by atoms with E-state index in [1.165, 1.54) is 0 Å². The number of esters is 1. The van der Waals surface area contributed by atoms with Crippen LogP contribution in [0.25, 0.3) is 0 Å². The normalized spacial score (nSPS) is 19.3. The maximum Gasteiger partial charge on any atom is 0.337 e. The second kappa shape index (κ2) is 8.94. The highest BCUT2D eigenvalue weighted by molar-refractivity contribution is 9.10. The van der Waals surface area contributed by atoms with Gasteiger partial charge < -0.3 is 9.47 Å². The van der Waals surface area contributed by atoms with Crippen molar-refractivity contribution in [1.29, 1.82) is 0 Å². The predicted molar refractivity (Wildman–Crippen MR) is 120 cm³/mol. The first kappa shape index (κ1) is 22.6. The van der Waals surface area contributed by atoms with Gasteiger partial charge in [-0.3, -0.25) is 4.79 Å². The number of carbonyl (C=O) groups excluding carboxylic acids is 2. The standard InChI is InChI=1S/C24H24BrClO4/c1-5-19(20(27)15-6-10-17(25)11-7-15)29-21-14(2)23(28)30-22(24(21,3)4)16-8-12-18(26)13-9-16/h6-13,19,22H,5H2,1-4H3/t19-,22+/m1/s1. The van der Waals surface area contributed by atoms with Crippen molar-refractivity contribution in [2.75, 3.05) is 0 Å². The van der Waals surface area contributed by atoms with Crippen molar-refractivity contribution >= 4 is 39.3 Å². The summed E-state index contributed by atoms with van der Waals surface area (Å²) in [6.45, 7) is 7.47. The summed E-state index contributed by atoms with van der Waals surface area (Å²) in [5.41, 5.74) is 1.10. The summed E-state index contributed by atoms with van der Waals surface area (Å²) < 4.78 is 12.9. The van der Waals surface area contributed by atoms with Crippen molar-refractivity contribution < 1.29 is 19.1 Å². The number of carbonyl (C=O) groups is 2. The third-order valence-electron chi connectivity index (χ3n) is 5.34. The van der Waals surface area contributed by atoms with Crippen molar-refractivity contribution in [3.05, 3.63) is 80.5 Å². The zero-order valence-electron chi connectivity index (χ0n) is 17.4. The van der Waals surface area contributed by atoms with Gasteiger partial charge in [-0.1, -0.05) is 58.7 Å². The lowest BCUT2D eigenvalue weighted by molar-refractivity contribution is -0.156. The molecule has 3 rings (SSSR count). The molecule has 30 heavy (non-hydrogen) atoms. The number of benzene rings is 2. The van der Waals surface area contributed by atoms with Gasteiger partial charge in [-0.2, -0.15) is 0 Å². The summed E-state index contributed by atoms with van der Waals surface area (Å²) >= 11 is 9.39. The van der Waals surface area contributed by atoms with Gasteiger partial charge in [-0.25, -0.2) is 4.79 Å². The van der Waals surface area contributed by atoms with Crippen LogP contribution in [0.4, 0.5) is 0 Å². The molecule has 0 radical (unpaired) electrons. The SMILES string of the molecule is CC[C@@H](OC1=C(C)C(=O)O[C@@H](c2ccc(Cl)cc2)C1(C)C)C(=O)c1ccc(Br)cc1. The average molecular weight is 492 g/mol. The van der Waals surface area contributed by atoms with Crippen LogP contribution in [0.3, 0.4) is 0 Å². The molecule has 0 amide bonds. The molecule has 1 aliphatic heterocycles. The summed E-state index contributed by atoms with van der Waals surface area (Å²) in [5, 5.41) is 0.605. The fraction of sp³-hybridized carbons (Fsp3) is 0.333. The molecule has 2 atom stereocenters. The molecule has 0 saturated carbocycles. The van der Waals surface area contributed by atoms with Gasteiger partial charge in [0.15, 0.2) is 6.10 Å². The second-order valence-electron chi connectivity index (χ2n) is 7.90. The van der Waals surface area contributed by atoms with Gasteiger partial charge in [0, 0.05) is 15.1 Å². The monoisotopic (exact) mass is 490 g/mol. The Morgan fingerprint density at radius 1 is 1.17 bits per heavy atom. The topological polar surface area (TPSA) is 52.6 Å². The lowest BCUT2D eigenvalue weighted by Gasteiger charge is -2.41. The number of ether oxygens (including phenoxy) is 2. The molecule has 1 heterocycles. The molecule has 0 spiro atoms. The molecular weight excluding hydrogens is 468 g/mol. The number of Topliss-reactive ketones (excluding diaryl/α,β-unsaturated/α-hetero) is 1. The smallest absolute Gasteiger partial charge is 0.337 e. The molecule has 0 saturated heterocycles. The van der Waals surface area contributed by atoms with Crippen LogP contribution in [0, 0.1) is 5.41 Å². The molecule has 0 fully saturated rings. The van der Waals surface area contributed by atoms with E-state index in [9.17, 15) is 9.59 Å². The maximum atomic E-state index is 13.1. The molecule has 0 N–H and O–H groups in total. The van der Waals surface area contributed by atoms with E-state index in [0.717, 1.165) is 10.0 Å². The largest absolute Gasteiger partial charge is 0.485 e. The minimum atomic E-state index is -0.702. The van der Waals surface area contributed by atoms with Crippen LogP contribution in [0.2, 0.25) is 5.02 Å². The zero-order valence-corrected chi connectivity index (χ0v) is 19.7. The highest BCUT2D eigenvalue weighted by Gasteiger charge is 2.46. The maximum absolute atomic E-state index is 13.1. The molecule has 0 bridgehead atoms. The molecule has 1 aliphatic rings. The summed E-state index contributed by atoms with van der Waals surface area (Å²) in [4.78, 5) is 25.7. The number of hydrogen-bond acceptors (Lipinski definition) is 4. The van der Waals surface area contributed by atoms with Gasteiger partial charge >= 0.3 is 5.97 Å². The van der Waals surface area contributed by atoms with E-state index < -0.39 is 23.6 Å². The Morgan fingerprint density at radius 2 is 1.77 bits per heavy atom. The fourth-order valence-electron chi connectivity index (χ4n) is 3.66. The van der Waals surface area contributed by atoms with Crippen LogP contribution in [0.1, 0.15) is 56.1 Å². The first-order chi connectivity index (χ1) is 14.1. The van der Waals surface area contributed by atoms with Crippen LogP contribution < -0.4 is 0 Å². The first-order valence-electron chi connectivity index (χ1n) is 9.79. The van der Waals surface area contributed by atoms with Gasteiger partial charge in [0.05, 0.1) is 11.0 Å². The summed E-state index contributed by atoms with van der Waals surface area (Å²) in [7, 11) is 0. The Morgan fingerprint density at radius 3 is 2.33 bits per heavy atom. The molecule has 0 aromatic heterocycles. The van der Waals surface area contributed by atoms with Gasteiger partial charge in [0.2, 0.25) is 5.78 Å². The van der Waals surface area contributed by atoms with E-state index in [0.29, 0.717) is 28.3 Å². The van der Waals surface area contributed by atoms with E-state index in [4.69, 9.17) is 21.1 Å². The first-order valence-corrected chi connectivity index (χ1v) is 11.0. The lowest BCUT2D eigenvalue weighted by Crippen LogP contribution is -2.38. The number of rotatable bonds is 6. The predicted octanol–water partition coefficient (Wildman–Crippen LogP) is 6.68. The highest BCUT2D eigenvalue weighted by atomic mass is 79.9. The molecule has 4 nitrogen and oxygen atoms in total. The third-order valence-corrected chi connectivity index (χ3v) is 6.12. The lowest BCUT2D eigenvalue weighted by atomic mass is 9.77. The minimum Gasteiger partial charge on any atom is -0.485 e. The fourth-order valence-corrected chi connectivity index (χ4v) is 4.06. The number of hydrogen-bond donors (Lipinski definition) is 0. The highest BCUT2D eigenvalue weighted by Crippen LogP contribution is 2.48. The van der Waals surface area contributed by atoms with Crippen LogP contribution in [0.5, 0.6) is 0 Å². The van der Waals surface area contributed by atoms with Crippen molar-refractivity contribution in [3.63, 3.8) is 0 Å². The number of halogens is 2. The molecule has 0 unspecified atom stereocenters. The zero-order chi connectivity index (χ0) is 22.1. The van der Waals surface area contributed by atoms with Crippen molar-refractivity contribution in [2.45, 2.75) is 46.3 Å². The summed E-state index contributed by atoms with van der Waals surface area (Å²) in [6, 6.07) is 14.4. The molecule has 6 heteroatoms. The van der Waals surface area contributed by atoms with Crippen LogP contribution in [-0.2, 0) is 14.3 Å². The van der Waals surface area contributed by atoms with Crippen molar-refractivity contribution in [3.8, 4) is 0 Å². The Kier molecular flexibility index (Phi) is 6.73. The molecule has 158 valence electrons. The van der Waals surface area contributed by atoms with Crippen LogP contribution in [0.15, 0.2) is 64.3 Å². The Labute approximate surface area is 190 Å². The van der Waals surface area contributed by atoms with Crippen LogP contribution in [-0.4, -0.2) is 17.9 Å². The van der Waals surface area contributed by atoms with Crippen LogP contribution >= 0.6 is 27.5 Å². The van der Waals surface area contributed by atoms with E-state index in [1.54, 1.807) is 31.2 Å². The molecule has 0 aliphatic carbocycles. The van der Waals surface area contributed by atoms with E-state index >= 15 is 0 Å². The third kappa shape index (κ3) is 4.47. The quantitative estimate of drug-likeness (QED) is 0.334. The Hall–Kier alpha value is -2.11. The average Bonchev–Trinajstić information content (AvgIpc) is 2.72. The summed E-state index contributed by atoms with van der Waals surface area (Å²) in [5.74, 6) is -0.0886. The summed E-state index contributed by atoms with van der Waals surface area (Å²) in [6.07, 6.45) is -0.781. The van der Waals surface area contributed by atoms with Gasteiger partial charge in [-0.05, 0) is 57.0 Å². The number of ketones is 1. The van der Waals surface area contributed by atoms with Crippen molar-refractivity contribution in [1.82, 2.24) is 0 Å². The van der Waals surface area contributed by atoms with Gasteiger partial charge in [0.1, 0.15) is 11.9 Å². The molecule has 2 aromatic rings. The molecule has 2 aromatic carbocycles. The van der Waals surface area contributed by atoms with E-state index in [-0.39, 0.29) is 5.78 Å². The van der Waals surface area contributed by atoms with E-state index in [1.807, 2.05) is 45.0 Å². The minimum absolute atomic E-state index is 0.122. The van der Waals surface area contributed by atoms with E-state index in [2.05, 4.69) is 15.9 Å². The Balaban J connectivity index is 1.94. The van der Waals surface area contributed by atoms with Crippen molar-refractivity contribution in [2.24, 2.45) is 5.41 Å².